The summed E-state index contributed by atoms with van der Waals surface area (Å²) in [4.78, 5) is 19.9. The molecule has 0 amide bonds. The van der Waals surface area contributed by atoms with E-state index in [1.54, 1.807) is 0 Å². The standard InChI is InChI=1S/C7H3Cl2NO5/c8-3-1-4(9)6(15-7(11)12)2-5(3)10(13)14/h1-2H,(H,11,12). The highest BCUT2D eigenvalue weighted by Crippen LogP contribution is 2.35. The molecule has 0 aliphatic rings. The van der Waals surface area contributed by atoms with Gasteiger partial charge < -0.3 is 9.84 Å². The largest absolute Gasteiger partial charge is 0.511 e. The lowest BCUT2D eigenvalue weighted by atomic mass is 10.3. The van der Waals surface area contributed by atoms with Gasteiger partial charge >= 0.3 is 6.16 Å². The quantitative estimate of drug-likeness (QED) is 0.378. The van der Waals surface area contributed by atoms with Crippen LogP contribution in [0.25, 0.3) is 0 Å². The van der Waals surface area contributed by atoms with Crippen molar-refractivity contribution in [1.82, 2.24) is 0 Å². The third kappa shape index (κ3) is 2.71. The molecule has 1 rings (SSSR count). The number of ether oxygens (including phenoxy) is 1. The SMILES string of the molecule is O=C(O)Oc1cc([N+](=O)[O-])c(Cl)cc1Cl. The topological polar surface area (TPSA) is 89.7 Å². The minimum absolute atomic E-state index is 0.118. The number of carbonyl (C=O) groups is 1. The summed E-state index contributed by atoms with van der Waals surface area (Å²) in [7, 11) is 0. The van der Waals surface area contributed by atoms with Crippen molar-refractivity contribution in [3.8, 4) is 5.75 Å². The van der Waals surface area contributed by atoms with Gasteiger partial charge in [0.1, 0.15) is 5.02 Å². The Kier molecular flexibility index (Phi) is 3.33. The third-order valence-electron chi connectivity index (χ3n) is 1.40. The van der Waals surface area contributed by atoms with Crippen LogP contribution in [0.1, 0.15) is 0 Å². The summed E-state index contributed by atoms with van der Waals surface area (Å²) in [6.45, 7) is 0. The molecule has 8 heteroatoms. The predicted octanol–water partition coefficient (Wildman–Crippen LogP) is 2.96. The average molecular weight is 252 g/mol. The van der Waals surface area contributed by atoms with Crippen LogP contribution in [-0.4, -0.2) is 16.2 Å². The number of rotatable bonds is 2. The van der Waals surface area contributed by atoms with Crippen molar-refractivity contribution in [3.05, 3.63) is 32.3 Å². The van der Waals surface area contributed by atoms with E-state index in [1.807, 2.05) is 0 Å². The lowest BCUT2D eigenvalue weighted by Gasteiger charge is -2.03. The van der Waals surface area contributed by atoms with Gasteiger partial charge in [-0.1, -0.05) is 23.2 Å². The fraction of sp³-hybridized carbons (Fsp3) is 0. The van der Waals surface area contributed by atoms with Crippen LogP contribution in [0.3, 0.4) is 0 Å². The van der Waals surface area contributed by atoms with Gasteiger partial charge in [-0.15, -0.1) is 0 Å². The molecular weight excluding hydrogens is 249 g/mol. The number of nitro benzene ring substituents is 1. The van der Waals surface area contributed by atoms with Crippen molar-refractivity contribution < 1.29 is 19.6 Å². The van der Waals surface area contributed by atoms with E-state index in [-0.39, 0.29) is 15.8 Å². The molecule has 15 heavy (non-hydrogen) atoms. The molecule has 0 radical (unpaired) electrons. The van der Waals surface area contributed by atoms with Crippen LogP contribution < -0.4 is 4.74 Å². The smallest absolute Gasteiger partial charge is 0.449 e. The summed E-state index contributed by atoms with van der Waals surface area (Å²) < 4.78 is 4.21. The molecule has 6 nitrogen and oxygen atoms in total. The van der Waals surface area contributed by atoms with Crippen molar-refractivity contribution >= 4 is 35.0 Å². The molecule has 0 saturated carbocycles. The molecule has 0 atom stereocenters. The summed E-state index contributed by atoms with van der Waals surface area (Å²) in [5.74, 6) is -0.333. The summed E-state index contributed by atoms with van der Waals surface area (Å²) in [6, 6.07) is 1.89. The Morgan fingerprint density at radius 1 is 1.40 bits per heavy atom. The Morgan fingerprint density at radius 3 is 2.47 bits per heavy atom. The van der Waals surface area contributed by atoms with E-state index >= 15 is 0 Å². The van der Waals surface area contributed by atoms with Crippen molar-refractivity contribution in [3.63, 3.8) is 0 Å². The zero-order valence-corrected chi connectivity index (χ0v) is 8.45. The van der Waals surface area contributed by atoms with Gasteiger partial charge in [0, 0.05) is 0 Å². The van der Waals surface area contributed by atoms with Crippen LogP contribution in [0.4, 0.5) is 10.5 Å². The highest BCUT2D eigenvalue weighted by molar-refractivity contribution is 6.36. The maximum atomic E-state index is 10.4. The second-order valence-corrected chi connectivity index (χ2v) is 3.17. The molecule has 0 bridgehead atoms. The Hall–Kier alpha value is -1.53. The number of nitro groups is 1. The molecular formula is C7H3Cl2NO5. The van der Waals surface area contributed by atoms with Crippen LogP contribution in [-0.2, 0) is 0 Å². The zero-order valence-electron chi connectivity index (χ0n) is 6.94. The van der Waals surface area contributed by atoms with E-state index in [2.05, 4.69) is 4.74 Å². The van der Waals surface area contributed by atoms with Gasteiger partial charge in [-0.3, -0.25) is 10.1 Å². The molecule has 0 spiro atoms. The number of benzene rings is 1. The first kappa shape index (κ1) is 11.5. The van der Waals surface area contributed by atoms with Gasteiger partial charge in [0.2, 0.25) is 0 Å². The third-order valence-corrected chi connectivity index (χ3v) is 1.99. The maximum Gasteiger partial charge on any atom is 0.511 e. The number of nitrogens with zero attached hydrogens (tertiary/aromatic N) is 1. The van der Waals surface area contributed by atoms with Crippen LogP contribution in [0.15, 0.2) is 12.1 Å². The first-order valence-electron chi connectivity index (χ1n) is 3.46. The summed E-state index contributed by atoms with van der Waals surface area (Å²) in [5.41, 5.74) is -0.475. The normalized spacial score (nSPS) is 9.73. The molecule has 0 aromatic heterocycles. The molecule has 1 aromatic rings. The van der Waals surface area contributed by atoms with E-state index < -0.39 is 16.8 Å². The monoisotopic (exact) mass is 251 g/mol. The number of hydrogen-bond acceptors (Lipinski definition) is 4. The van der Waals surface area contributed by atoms with Crippen molar-refractivity contribution in [2.24, 2.45) is 0 Å². The molecule has 1 N–H and O–H groups in total. The van der Waals surface area contributed by atoms with E-state index in [4.69, 9.17) is 28.3 Å². The van der Waals surface area contributed by atoms with Gasteiger partial charge in [-0.05, 0) is 6.07 Å². The fourth-order valence-electron chi connectivity index (χ4n) is 0.831. The zero-order chi connectivity index (χ0) is 11.6. The first-order valence-corrected chi connectivity index (χ1v) is 4.21. The van der Waals surface area contributed by atoms with Crippen LogP contribution >= 0.6 is 23.2 Å². The lowest BCUT2D eigenvalue weighted by Crippen LogP contribution is -2.04. The molecule has 1 aromatic carbocycles. The fourth-order valence-corrected chi connectivity index (χ4v) is 1.32. The van der Waals surface area contributed by atoms with Crippen LogP contribution in [0, 0.1) is 10.1 Å². The van der Waals surface area contributed by atoms with E-state index in [9.17, 15) is 14.9 Å². The van der Waals surface area contributed by atoms with Gasteiger partial charge in [0.05, 0.1) is 16.0 Å². The summed E-state index contributed by atoms with van der Waals surface area (Å²) in [5, 5.41) is 18.4. The minimum Gasteiger partial charge on any atom is -0.449 e. The van der Waals surface area contributed by atoms with E-state index in [1.165, 1.54) is 0 Å². The Morgan fingerprint density at radius 2 is 2.00 bits per heavy atom. The van der Waals surface area contributed by atoms with Gasteiger partial charge in [0.15, 0.2) is 5.75 Å². The molecule has 0 saturated heterocycles. The van der Waals surface area contributed by atoms with Crippen molar-refractivity contribution in [2.45, 2.75) is 0 Å². The van der Waals surface area contributed by atoms with Crippen LogP contribution in [0.2, 0.25) is 10.0 Å². The molecule has 0 fully saturated rings. The molecule has 0 aliphatic heterocycles. The number of halogens is 2. The molecule has 0 aliphatic carbocycles. The highest BCUT2D eigenvalue weighted by atomic mass is 35.5. The van der Waals surface area contributed by atoms with Crippen LogP contribution in [0.5, 0.6) is 5.75 Å². The lowest BCUT2D eigenvalue weighted by molar-refractivity contribution is -0.384. The van der Waals surface area contributed by atoms with Gasteiger partial charge in [-0.2, -0.15) is 0 Å². The first-order chi connectivity index (χ1) is 6.91. The molecule has 0 unspecified atom stereocenters. The highest BCUT2D eigenvalue weighted by Gasteiger charge is 2.18. The van der Waals surface area contributed by atoms with E-state index in [0.29, 0.717) is 0 Å². The predicted molar refractivity (Wildman–Crippen MR) is 51.8 cm³/mol. The van der Waals surface area contributed by atoms with Crippen molar-refractivity contribution in [2.75, 3.05) is 0 Å². The summed E-state index contributed by atoms with van der Waals surface area (Å²) >= 11 is 11.1. The minimum atomic E-state index is -1.62. The second kappa shape index (κ2) is 4.33. The van der Waals surface area contributed by atoms with Crippen molar-refractivity contribution in [1.29, 1.82) is 0 Å². The summed E-state index contributed by atoms with van der Waals surface area (Å²) in [6.07, 6.45) is -1.62. The molecule has 0 heterocycles. The Bertz CT molecular complexity index is 434. The Balaban J connectivity index is 3.23. The Labute approximate surface area is 93.1 Å². The average Bonchev–Trinajstić information content (AvgIpc) is 2.08. The van der Waals surface area contributed by atoms with E-state index in [0.717, 1.165) is 12.1 Å². The van der Waals surface area contributed by atoms with Gasteiger partial charge in [-0.25, -0.2) is 4.79 Å². The second-order valence-electron chi connectivity index (χ2n) is 2.36. The number of hydrogen-bond donors (Lipinski definition) is 1. The maximum absolute atomic E-state index is 10.4. The van der Waals surface area contributed by atoms with Gasteiger partial charge in [0.25, 0.3) is 5.69 Å². The molecule has 80 valence electrons. The number of carboxylic acid groups (broad SMARTS) is 1.